The number of benzene rings is 1. The Bertz CT molecular complexity index is 416. The van der Waals surface area contributed by atoms with Crippen LogP contribution in [0.3, 0.4) is 0 Å². The van der Waals surface area contributed by atoms with Gasteiger partial charge in [0.1, 0.15) is 0 Å². The lowest BCUT2D eigenvalue weighted by atomic mass is 9.85. The van der Waals surface area contributed by atoms with Gasteiger partial charge in [0.25, 0.3) is 0 Å². The molecule has 4 heteroatoms. The maximum Gasteiger partial charge on any atom is 0.230 e. The molecule has 110 valence electrons. The molecular weight excluding hydrogens is 270 g/mol. The first-order valence-corrected chi connectivity index (χ1v) is 8.44. The number of carbonyl (C=O) groups is 1. The van der Waals surface area contributed by atoms with Crippen molar-refractivity contribution < 1.29 is 9.90 Å². The van der Waals surface area contributed by atoms with Gasteiger partial charge in [-0.3, -0.25) is 4.79 Å². The van der Waals surface area contributed by atoms with Crippen molar-refractivity contribution in [1.29, 1.82) is 0 Å². The van der Waals surface area contributed by atoms with Crippen LogP contribution in [-0.4, -0.2) is 28.9 Å². The molecule has 2 N–H and O–H groups in total. The van der Waals surface area contributed by atoms with Gasteiger partial charge in [0, 0.05) is 12.3 Å². The Balaban J connectivity index is 1.63. The molecule has 1 aliphatic rings. The van der Waals surface area contributed by atoms with Crippen molar-refractivity contribution >= 4 is 17.7 Å². The van der Waals surface area contributed by atoms with E-state index in [-0.39, 0.29) is 5.91 Å². The minimum atomic E-state index is -0.669. The van der Waals surface area contributed by atoms with E-state index in [4.69, 9.17) is 0 Å². The highest BCUT2D eigenvalue weighted by atomic mass is 32.2. The monoisotopic (exact) mass is 293 g/mol. The molecule has 3 nitrogen and oxygen atoms in total. The van der Waals surface area contributed by atoms with Gasteiger partial charge in [0.2, 0.25) is 5.91 Å². The van der Waals surface area contributed by atoms with Gasteiger partial charge in [-0.2, -0.15) is 0 Å². The van der Waals surface area contributed by atoms with E-state index in [9.17, 15) is 9.90 Å². The van der Waals surface area contributed by atoms with Gasteiger partial charge in [-0.05, 0) is 18.4 Å². The van der Waals surface area contributed by atoms with Crippen molar-refractivity contribution in [2.24, 2.45) is 0 Å². The molecule has 2 rings (SSSR count). The summed E-state index contributed by atoms with van der Waals surface area (Å²) in [5, 5.41) is 13.2. The summed E-state index contributed by atoms with van der Waals surface area (Å²) in [6.45, 7) is 0.401. The molecule has 1 amide bonds. The van der Waals surface area contributed by atoms with Crippen LogP contribution in [0.5, 0.6) is 0 Å². The second-order valence-corrected chi connectivity index (χ2v) is 6.53. The van der Waals surface area contributed by atoms with Crippen LogP contribution < -0.4 is 5.32 Å². The predicted octanol–water partition coefficient (Wildman–Crippen LogP) is 2.73. The summed E-state index contributed by atoms with van der Waals surface area (Å²) in [6.07, 6.45) is 4.95. The van der Waals surface area contributed by atoms with Gasteiger partial charge >= 0.3 is 0 Å². The lowest BCUT2D eigenvalue weighted by Crippen LogP contribution is -2.44. The number of hydrogen-bond acceptors (Lipinski definition) is 3. The molecule has 0 aliphatic heterocycles. The number of amides is 1. The summed E-state index contributed by atoms with van der Waals surface area (Å²) >= 11 is 1.61. The molecule has 0 aromatic heterocycles. The first-order valence-electron chi connectivity index (χ1n) is 7.29. The minimum Gasteiger partial charge on any atom is -0.388 e. The van der Waals surface area contributed by atoms with Gasteiger partial charge in [-0.15, -0.1) is 11.8 Å². The molecule has 0 spiro atoms. The third-order valence-electron chi connectivity index (χ3n) is 3.74. The molecule has 0 bridgehead atoms. The van der Waals surface area contributed by atoms with Crippen molar-refractivity contribution in [2.75, 3.05) is 12.3 Å². The van der Waals surface area contributed by atoms with Crippen LogP contribution in [-0.2, 0) is 10.5 Å². The normalized spacial score (nSPS) is 17.6. The largest absolute Gasteiger partial charge is 0.388 e. The number of aliphatic hydroxyl groups is 1. The van der Waals surface area contributed by atoms with Gasteiger partial charge in [-0.1, -0.05) is 49.6 Å². The molecule has 0 radical (unpaired) electrons. The summed E-state index contributed by atoms with van der Waals surface area (Å²) in [6, 6.07) is 10.1. The first-order chi connectivity index (χ1) is 9.68. The molecule has 1 aromatic carbocycles. The van der Waals surface area contributed by atoms with E-state index < -0.39 is 5.60 Å². The van der Waals surface area contributed by atoms with Crippen molar-refractivity contribution in [2.45, 2.75) is 43.5 Å². The molecule has 1 aromatic rings. The molecule has 1 saturated carbocycles. The number of thioether (sulfide) groups is 1. The van der Waals surface area contributed by atoms with Crippen LogP contribution in [0.4, 0.5) is 0 Å². The van der Waals surface area contributed by atoms with E-state index >= 15 is 0 Å². The van der Waals surface area contributed by atoms with E-state index in [1.165, 1.54) is 12.0 Å². The Kier molecular flexibility index (Phi) is 5.92. The number of rotatable bonds is 6. The van der Waals surface area contributed by atoms with Gasteiger partial charge in [-0.25, -0.2) is 0 Å². The molecular formula is C16H23NO2S. The van der Waals surface area contributed by atoms with E-state index in [0.717, 1.165) is 31.4 Å². The topological polar surface area (TPSA) is 49.3 Å². The fourth-order valence-corrected chi connectivity index (χ4v) is 3.35. The SMILES string of the molecule is O=C(CSCc1ccccc1)NCC1(O)CCCCC1. The number of carbonyl (C=O) groups excluding carboxylic acids is 1. The Morgan fingerprint density at radius 3 is 2.60 bits per heavy atom. The first kappa shape index (κ1) is 15.4. The average molecular weight is 293 g/mol. The Morgan fingerprint density at radius 1 is 1.20 bits per heavy atom. The molecule has 1 aliphatic carbocycles. The Labute approximate surface area is 125 Å². The van der Waals surface area contributed by atoms with E-state index in [0.29, 0.717) is 12.3 Å². The van der Waals surface area contributed by atoms with Crippen LogP contribution in [0, 0.1) is 0 Å². The third-order valence-corrected chi connectivity index (χ3v) is 4.75. The van der Waals surface area contributed by atoms with Crippen molar-refractivity contribution in [3.8, 4) is 0 Å². The molecule has 20 heavy (non-hydrogen) atoms. The maximum absolute atomic E-state index is 11.8. The maximum atomic E-state index is 11.8. The summed E-state index contributed by atoms with van der Waals surface area (Å²) < 4.78 is 0. The lowest BCUT2D eigenvalue weighted by Gasteiger charge is -2.32. The van der Waals surface area contributed by atoms with E-state index in [1.807, 2.05) is 18.2 Å². The number of nitrogens with one attached hydrogen (secondary N) is 1. The van der Waals surface area contributed by atoms with E-state index in [2.05, 4.69) is 17.4 Å². The minimum absolute atomic E-state index is 0.0185. The molecule has 0 saturated heterocycles. The summed E-state index contributed by atoms with van der Waals surface area (Å²) in [5.41, 5.74) is 0.564. The lowest BCUT2D eigenvalue weighted by molar-refractivity contribution is -0.120. The van der Waals surface area contributed by atoms with Gasteiger partial charge in [0.15, 0.2) is 0 Å². The van der Waals surface area contributed by atoms with Crippen LogP contribution in [0.1, 0.15) is 37.7 Å². The van der Waals surface area contributed by atoms with Crippen LogP contribution in [0.2, 0.25) is 0 Å². The second-order valence-electron chi connectivity index (χ2n) is 5.54. The molecule has 0 heterocycles. The van der Waals surface area contributed by atoms with E-state index in [1.54, 1.807) is 11.8 Å². The van der Waals surface area contributed by atoms with Crippen molar-refractivity contribution in [3.05, 3.63) is 35.9 Å². The zero-order valence-electron chi connectivity index (χ0n) is 11.8. The summed E-state index contributed by atoms with van der Waals surface area (Å²) in [4.78, 5) is 11.8. The molecule has 0 unspecified atom stereocenters. The van der Waals surface area contributed by atoms with Crippen LogP contribution >= 0.6 is 11.8 Å². The average Bonchev–Trinajstić information content (AvgIpc) is 2.47. The summed E-state index contributed by atoms with van der Waals surface area (Å²) in [7, 11) is 0. The smallest absolute Gasteiger partial charge is 0.230 e. The third kappa shape index (κ3) is 5.17. The standard InChI is InChI=1S/C16H23NO2S/c18-15(12-20-11-14-7-3-1-4-8-14)17-13-16(19)9-5-2-6-10-16/h1,3-4,7-8,19H,2,5-6,9-13H2,(H,17,18). The van der Waals surface area contributed by atoms with Crippen molar-refractivity contribution in [3.63, 3.8) is 0 Å². The zero-order valence-corrected chi connectivity index (χ0v) is 12.6. The molecule has 1 fully saturated rings. The van der Waals surface area contributed by atoms with Crippen LogP contribution in [0.15, 0.2) is 30.3 Å². The van der Waals surface area contributed by atoms with Gasteiger partial charge < -0.3 is 10.4 Å². The summed E-state index contributed by atoms with van der Waals surface area (Å²) in [5.74, 6) is 1.31. The quantitative estimate of drug-likeness (QED) is 0.848. The number of hydrogen-bond donors (Lipinski definition) is 2. The fraction of sp³-hybridized carbons (Fsp3) is 0.562. The second kappa shape index (κ2) is 7.70. The Morgan fingerprint density at radius 2 is 1.90 bits per heavy atom. The van der Waals surface area contributed by atoms with Gasteiger partial charge in [0.05, 0.1) is 11.4 Å². The highest BCUT2D eigenvalue weighted by Gasteiger charge is 2.29. The fourth-order valence-electron chi connectivity index (χ4n) is 2.54. The predicted molar refractivity (Wildman–Crippen MR) is 83.6 cm³/mol. The van der Waals surface area contributed by atoms with Crippen molar-refractivity contribution in [1.82, 2.24) is 5.32 Å². The molecule has 0 atom stereocenters. The van der Waals surface area contributed by atoms with Crippen LogP contribution in [0.25, 0.3) is 0 Å². The highest BCUT2D eigenvalue weighted by molar-refractivity contribution is 7.99. The highest BCUT2D eigenvalue weighted by Crippen LogP contribution is 2.27. The Hall–Kier alpha value is -1.00. The zero-order chi connectivity index (χ0) is 14.3.